The smallest absolute Gasteiger partial charge is 0.246 e. The summed E-state index contributed by atoms with van der Waals surface area (Å²) < 4.78 is 18.1. The zero-order chi connectivity index (χ0) is 28.0. The van der Waals surface area contributed by atoms with Crippen LogP contribution >= 0.6 is 0 Å². The topological polar surface area (TPSA) is 130 Å². The second-order valence-electron chi connectivity index (χ2n) is 9.51. The third-order valence-electron chi connectivity index (χ3n) is 5.29. The lowest BCUT2D eigenvalue weighted by Crippen LogP contribution is -2.32. The van der Waals surface area contributed by atoms with E-state index >= 15 is 0 Å². The molecule has 0 saturated heterocycles. The molecule has 39 heavy (non-hydrogen) atoms. The molecular weight excluding hydrogens is 504 g/mol. The molecule has 0 radical (unpaired) electrons. The normalized spacial score (nSPS) is 11.2. The van der Waals surface area contributed by atoms with Crippen LogP contribution in [0, 0.1) is 0 Å². The Balaban J connectivity index is 1.40. The van der Waals surface area contributed by atoms with E-state index in [0.717, 1.165) is 5.56 Å². The van der Waals surface area contributed by atoms with Crippen molar-refractivity contribution in [2.75, 3.05) is 19.5 Å². The minimum atomic E-state index is -0.514. The van der Waals surface area contributed by atoms with E-state index in [0.29, 0.717) is 46.1 Å². The number of methoxy groups -OCH3 is 2. The highest BCUT2D eigenvalue weighted by molar-refractivity contribution is 5.90. The number of carbonyl (C=O) groups is 2. The number of nitrogens with zero attached hydrogens (tertiary/aromatic N) is 5. The Bertz CT molecular complexity index is 1460. The highest BCUT2D eigenvalue weighted by atomic mass is 16.7. The minimum absolute atomic E-state index is 0.0449. The summed E-state index contributed by atoms with van der Waals surface area (Å²) in [5.74, 6) is 1.47. The van der Waals surface area contributed by atoms with Crippen molar-refractivity contribution in [1.82, 2.24) is 24.8 Å². The molecule has 12 heteroatoms. The number of benzene rings is 2. The second kappa shape index (κ2) is 11.8. The lowest BCUT2D eigenvalue weighted by molar-refractivity contribution is -0.220. The fourth-order valence-electron chi connectivity index (χ4n) is 3.75. The van der Waals surface area contributed by atoms with Gasteiger partial charge in [-0.25, -0.2) is 15.0 Å². The van der Waals surface area contributed by atoms with E-state index in [4.69, 9.17) is 19.0 Å². The van der Waals surface area contributed by atoms with E-state index < -0.39 is 5.60 Å². The van der Waals surface area contributed by atoms with Crippen LogP contribution in [0.2, 0.25) is 0 Å². The van der Waals surface area contributed by atoms with Crippen molar-refractivity contribution in [1.29, 1.82) is 0 Å². The number of hydrogen-bond donors (Lipinski definition) is 1. The van der Waals surface area contributed by atoms with Crippen LogP contribution in [-0.2, 0) is 27.5 Å². The first-order valence-electron chi connectivity index (χ1n) is 12.0. The van der Waals surface area contributed by atoms with Crippen molar-refractivity contribution in [3.8, 4) is 23.1 Å². The number of ether oxygens (including phenoxy) is 3. The van der Waals surface area contributed by atoms with E-state index in [1.165, 1.54) is 22.3 Å². The summed E-state index contributed by atoms with van der Waals surface area (Å²) in [4.78, 5) is 38.2. The molecule has 0 fully saturated rings. The maximum absolute atomic E-state index is 12.7. The lowest BCUT2D eigenvalue weighted by Gasteiger charge is -2.26. The Kier molecular flexibility index (Phi) is 8.25. The molecule has 12 nitrogen and oxygen atoms in total. The minimum Gasteiger partial charge on any atom is -0.493 e. The molecule has 2 amide bonds. The summed E-state index contributed by atoms with van der Waals surface area (Å²) in [6.45, 7) is 5.76. The summed E-state index contributed by atoms with van der Waals surface area (Å²) in [6, 6.07) is 10.7. The number of amides is 2. The SMILES string of the molecule is COc1cc2ncnc(Oc3cnn(CC(=O)Nc4cccc(CN(C=O)OC(C)(C)C)c4)c3)c2cc1OC. The average molecular weight is 535 g/mol. The first kappa shape index (κ1) is 27.3. The van der Waals surface area contributed by atoms with Gasteiger partial charge in [0.25, 0.3) is 0 Å². The molecule has 0 bridgehead atoms. The molecule has 0 aliphatic carbocycles. The average Bonchev–Trinajstić information content (AvgIpc) is 3.33. The van der Waals surface area contributed by atoms with Crippen molar-refractivity contribution < 1.29 is 28.6 Å². The van der Waals surface area contributed by atoms with E-state index in [1.54, 1.807) is 50.7 Å². The van der Waals surface area contributed by atoms with Crippen LogP contribution in [0.1, 0.15) is 26.3 Å². The van der Waals surface area contributed by atoms with E-state index in [2.05, 4.69) is 20.4 Å². The van der Waals surface area contributed by atoms with Crippen LogP contribution in [0.4, 0.5) is 5.69 Å². The van der Waals surface area contributed by atoms with Crippen molar-refractivity contribution in [2.45, 2.75) is 39.5 Å². The molecule has 0 saturated carbocycles. The first-order valence-corrected chi connectivity index (χ1v) is 12.0. The number of hydroxylamine groups is 2. The molecule has 4 rings (SSSR count). The highest BCUT2D eigenvalue weighted by Gasteiger charge is 2.17. The van der Waals surface area contributed by atoms with Crippen molar-refractivity contribution >= 4 is 28.9 Å². The number of nitrogens with one attached hydrogen (secondary N) is 1. The number of rotatable bonds is 11. The predicted molar refractivity (Wildman–Crippen MR) is 142 cm³/mol. The molecule has 0 aliphatic rings. The van der Waals surface area contributed by atoms with E-state index in [9.17, 15) is 9.59 Å². The predicted octanol–water partition coefficient (Wildman–Crippen LogP) is 3.96. The third-order valence-corrected chi connectivity index (χ3v) is 5.29. The molecule has 0 atom stereocenters. The molecule has 2 aromatic heterocycles. The maximum atomic E-state index is 12.7. The number of fused-ring (bicyclic) bond motifs is 1. The summed E-state index contributed by atoms with van der Waals surface area (Å²) in [6.07, 6.45) is 5.10. The highest BCUT2D eigenvalue weighted by Crippen LogP contribution is 2.35. The summed E-state index contributed by atoms with van der Waals surface area (Å²) >= 11 is 0. The van der Waals surface area contributed by atoms with Crippen LogP contribution in [0.3, 0.4) is 0 Å². The lowest BCUT2D eigenvalue weighted by atomic mass is 10.2. The van der Waals surface area contributed by atoms with E-state index in [1.807, 2.05) is 26.8 Å². The summed E-state index contributed by atoms with van der Waals surface area (Å²) in [5, 5.41) is 8.91. The Morgan fingerprint density at radius 3 is 2.59 bits per heavy atom. The fraction of sp³-hybridized carbons (Fsp3) is 0.296. The first-order chi connectivity index (χ1) is 18.7. The molecule has 204 valence electrons. The van der Waals surface area contributed by atoms with Gasteiger partial charge in [0.15, 0.2) is 17.2 Å². The number of anilines is 1. The Morgan fingerprint density at radius 1 is 1.10 bits per heavy atom. The van der Waals surface area contributed by atoms with Gasteiger partial charge in [0.05, 0.1) is 49.7 Å². The number of hydrogen-bond acceptors (Lipinski definition) is 9. The van der Waals surface area contributed by atoms with Gasteiger partial charge >= 0.3 is 0 Å². The molecule has 2 aromatic carbocycles. The fourth-order valence-corrected chi connectivity index (χ4v) is 3.75. The van der Waals surface area contributed by atoms with Crippen LogP contribution in [-0.4, -0.2) is 56.9 Å². The van der Waals surface area contributed by atoms with Gasteiger partial charge in [-0.15, -0.1) is 0 Å². The largest absolute Gasteiger partial charge is 0.493 e. The summed E-state index contributed by atoms with van der Waals surface area (Å²) in [7, 11) is 3.09. The number of aromatic nitrogens is 4. The van der Waals surface area contributed by atoms with Crippen LogP contribution in [0.25, 0.3) is 10.9 Å². The van der Waals surface area contributed by atoms with Gasteiger partial charge in [-0.1, -0.05) is 12.1 Å². The van der Waals surface area contributed by atoms with Gasteiger partial charge in [0.2, 0.25) is 18.2 Å². The van der Waals surface area contributed by atoms with Gasteiger partial charge in [-0.2, -0.15) is 5.10 Å². The molecule has 1 N–H and O–H groups in total. The molecular formula is C27H30N6O6. The molecule has 0 aliphatic heterocycles. The zero-order valence-corrected chi connectivity index (χ0v) is 22.4. The molecule has 0 unspecified atom stereocenters. The van der Waals surface area contributed by atoms with Gasteiger partial charge < -0.3 is 19.5 Å². The monoisotopic (exact) mass is 534 g/mol. The zero-order valence-electron chi connectivity index (χ0n) is 22.4. The third kappa shape index (κ3) is 7.20. The Morgan fingerprint density at radius 2 is 1.87 bits per heavy atom. The molecule has 0 spiro atoms. The van der Waals surface area contributed by atoms with Crippen molar-refractivity contribution in [3.05, 3.63) is 60.7 Å². The van der Waals surface area contributed by atoms with E-state index in [-0.39, 0.29) is 19.0 Å². The van der Waals surface area contributed by atoms with Crippen molar-refractivity contribution in [3.63, 3.8) is 0 Å². The van der Waals surface area contributed by atoms with Gasteiger partial charge in [0.1, 0.15) is 12.9 Å². The molecule has 4 aromatic rings. The number of carbonyl (C=O) groups excluding carboxylic acids is 2. The van der Waals surface area contributed by atoms with Gasteiger partial charge in [-0.05, 0) is 44.5 Å². The Labute approximate surface area is 225 Å². The van der Waals surface area contributed by atoms with Crippen LogP contribution in [0.15, 0.2) is 55.1 Å². The maximum Gasteiger partial charge on any atom is 0.246 e. The van der Waals surface area contributed by atoms with Crippen LogP contribution in [0.5, 0.6) is 23.1 Å². The Hall–Kier alpha value is -4.71. The standard InChI is InChI=1S/C27H30N6O6/c1-27(2,3)39-33(17-34)13-18-7-6-8-19(9-18)31-25(35)15-32-14-20(12-30-32)38-26-21-10-23(36-4)24(37-5)11-22(21)28-16-29-26/h6-12,14,16-17H,13,15H2,1-5H3,(H,31,35). The second-order valence-corrected chi connectivity index (χ2v) is 9.51. The quantitative estimate of drug-likeness (QED) is 0.224. The van der Waals surface area contributed by atoms with Gasteiger partial charge in [-0.3, -0.25) is 19.1 Å². The summed E-state index contributed by atoms with van der Waals surface area (Å²) in [5.41, 5.74) is 1.48. The molecule has 2 heterocycles. The van der Waals surface area contributed by atoms with Gasteiger partial charge in [0, 0.05) is 11.8 Å². The van der Waals surface area contributed by atoms with Crippen molar-refractivity contribution in [2.24, 2.45) is 0 Å². The van der Waals surface area contributed by atoms with Crippen LogP contribution < -0.4 is 19.5 Å².